The van der Waals surface area contributed by atoms with E-state index in [0.717, 1.165) is 66.7 Å². The predicted molar refractivity (Wildman–Crippen MR) is 350 cm³/mol. The van der Waals surface area contributed by atoms with Gasteiger partial charge in [0.2, 0.25) is 53.4 Å². The number of primary amides is 1. The maximum absolute atomic E-state index is 16.0. The highest BCUT2D eigenvalue weighted by atomic mass is 35.5. The Labute approximate surface area is 580 Å². The predicted octanol–water partition coefficient (Wildman–Crippen LogP) is 1.12. The molecule has 6 aliphatic rings. The zero-order chi connectivity index (χ0) is 73.1. The van der Waals surface area contributed by atoms with E-state index in [1.54, 1.807) is 6.92 Å². The van der Waals surface area contributed by atoms with Crippen LogP contribution in [0.4, 0.5) is 0 Å². The second-order valence-corrected chi connectivity index (χ2v) is 26.2. The van der Waals surface area contributed by atoms with E-state index < -0.39 is 225 Å². The molecule has 32 nitrogen and oxygen atoms in total. The Bertz CT molecular complexity index is 3980. The highest BCUT2D eigenvalue weighted by molar-refractivity contribution is 6.32. The number of halogens is 2. The topological polar surface area (TPSA) is 521 Å². The van der Waals surface area contributed by atoms with Crippen LogP contribution in [0.25, 0.3) is 11.1 Å². The van der Waals surface area contributed by atoms with Crippen molar-refractivity contribution in [3.05, 3.63) is 117 Å². The number of nitrogens with one attached hydrogen (secondary N) is 7. The van der Waals surface area contributed by atoms with Gasteiger partial charge < -0.3 is 123 Å². The summed E-state index contributed by atoms with van der Waals surface area (Å²) in [5.41, 5.74) is 8.31. The number of nitrogens with two attached hydrogens (primary N) is 2. The summed E-state index contributed by atoms with van der Waals surface area (Å²) in [6.07, 6.45) is -16.0. The van der Waals surface area contributed by atoms with E-state index in [1.807, 2.05) is 20.8 Å². The van der Waals surface area contributed by atoms with Crippen molar-refractivity contribution in [2.24, 2.45) is 17.4 Å². The highest BCUT2D eigenvalue weighted by Crippen LogP contribution is 2.50. The van der Waals surface area contributed by atoms with Crippen LogP contribution in [0.5, 0.6) is 46.0 Å². The van der Waals surface area contributed by atoms with Crippen molar-refractivity contribution in [3.8, 4) is 57.1 Å². The number of rotatable bonds is 17. The summed E-state index contributed by atoms with van der Waals surface area (Å²) in [6.45, 7) is 6.13. The third-order valence-electron chi connectivity index (χ3n) is 17.1. The van der Waals surface area contributed by atoms with Crippen LogP contribution in [-0.2, 0) is 47.8 Å². The summed E-state index contributed by atoms with van der Waals surface area (Å²) in [7, 11) is 1.47. The van der Waals surface area contributed by atoms with Crippen LogP contribution in [-0.4, -0.2) is 179 Å². The number of aromatic hydroxyl groups is 3. The van der Waals surface area contributed by atoms with Crippen molar-refractivity contribution in [2.75, 3.05) is 13.7 Å². The molecule has 6 heterocycles. The van der Waals surface area contributed by atoms with Gasteiger partial charge in [0.1, 0.15) is 89.5 Å². The van der Waals surface area contributed by atoms with Crippen LogP contribution in [0, 0.1) is 5.92 Å². The number of phenols is 3. The van der Waals surface area contributed by atoms with Gasteiger partial charge in [0.15, 0.2) is 29.9 Å². The van der Waals surface area contributed by atoms with Gasteiger partial charge in [-0.15, -0.1) is 0 Å². The smallest absolute Gasteiger partial charge is 0.330 e. The van der Waals surface area contributed by atoms with Gasteiger partial charge in [0, 0.05) is 34.7 Å². The number of ether oxygens (including phenoxy) is 5. The molecule has 0 aliphatic carbocycles. The molecule has 0 saturated carbocycles. The number of aliphatic hydroxyl groups excluding tert-OH is 6. The van der Waals surface area contributed by atoms with Crippen LogP contribution < -0.4 is 62.9 Å². The molecule has 1 saturated heterocycles. The number of hydrogen-bond donors (Lipinski definition) is 19. The first-order valence-electron chi connectivity index (χ1n) is 31.5. The Morgan fingerprint density at radius 2 is 1.32 bits per heavy atom. The quantitative estimate of drug-likeness (QED) is 0.0580. The summed E-state index contributed by atoms with van der Waals surface area (Å²) >= 11 is 14.1. The molecule has 16 unspecified atom stereocenters. The number of fused-ring (bicyclic) bond motifs is 15. The normalized spacial score (nSPS) is 25.9. The molecule has 0 spiro atoms. The lowest BCUT2D eigenvalue weighted by Gasteiger charge is -2.43. The molecule has 5 aromatic rings. The zero-order valence-corrected chi connectivity index (χ0v) is 55.7. The van der Waals surface area contributed by atoms with E-state index in [2.05, 4.69) is 37.2 Å². The average Bonchev–Trinajstić information content (AvgIpc) is 0.770. The molecule has 34 heteroatoms. The number of amides is 7. The van der Waals surface area contributed by atoms with Gasteiger partial charge in [-0.25, -0.2) is 4.79 Å². The SMILES string of the molecule is CCCC(C)(N)CC(O)OC1C(Oc2c3cc4cc2Oc2ccc(cc2Cl)C(O)C2NC(=O)C(NC(=O)C4NC(=O)C(CC(N)=O)NC(=O)C(NC(=O)C(CC(C)C)NC)C(O)c4ccc(c(Cl)c4)O3)c3ccc(O)c(c3)-c3c(O)cc(O)cc3C(C(=O)O)NC2=O)OC(CO)C(O)C1O. The van der Waals surface area contributed by atoms with Gasteiger partial charge in [0.05, 0.1) is 29.1 Å². The lowest BCUT2D eigenvalue weighted by Crippen LogP contribution is -2.61. The maximum atomic E-state index is 16.0. The standard InChI is InChI=1S/C66H77Cl2N9O23/c1-6-13-66(4,70)23-45(83)99-57-55(87)54(86)43(24-78)98-65(57)100-56-41-18-29-19-42(56)97-40-12-9-28(17-34(40)68)53(85)51-63(93)75-49(64(94)95)32-20-30(79)21-38(81)46(32)31-15-26(7-10-37(31)80)47(60(90)77-51)74-61(91)48(29)73-59(89)36(22-44(69)82)72-62(92)50(76-58(88)35(71-5)14-25(2)3)52(84)27-8-11-39(96-41)33(67)16-27/h7-12,15-21,25,35-36,43,45,47-55,57,65,71,78-81,83-87H,6,13-14,22-24,70H2,1-5H3,(H2,69,82)(H,72,92)(H,73,89)(H,74,91)(H,75,93)(H,76,88)(H,77,90)(H,94,95). The maximum Gasteiger partial charge on any atom is 0.330 e. The number of aliphatic hydroxyl groups is 6. The fourth-order valence-corrected chi connectivity index (χ4v) is 12.6. The van der Waals surface area contributed by atoms with E-state index in [4.69, 9.17) is 58.4 Å². The molecule has 5 aromatic carbocycles. The van der Waals surface area contributed by atoms with E-state index >= 15 is 14.4 Å². The minimum absolute atomic E-state index is 0.0954. The molecule has 11 rings (SSSR count). The van der Waals surface area contributed by atoms with Gasteiger partial charge >= 0.3 is 5.97 Å². The Hall–Kier alpha value is -9.16. The first-order chi connectivity index (χ1) is 47.2. The van der Waals surface area contributed by atoms with Crippen molar-refractivity contribution < 1.29 is 113 Å². The lowest BCUT2D eigenvalue weighted by molar-refractivity contribution is -0.313. The molecule has 538 valence electrons. The van der Waals surface area contributed by atoms with Gasteiger partial charge in [-0.05, 0) is 110 Å². The number of aliphatic carboxylic acids is 1. The molecule has 1 fully saturated rings. The Balaban J connectivity index is 1.33. The molecule has 21 N–H and O–H groups in total. The second kappa shape index (κ2) is 31.2. The number of likely N-dealkylation sites (N-methyl/N-ethyl adjacent to an activating group) is 1. The Kier molecular flexibility index (Phi) is 23.4. The van der Waals surface area contributed by atoms with Crippen molar-refractivity contribution in [3.63, 3.8) is 0 Å². The minimum Gasteiger partial charge on any atom is -0.508 e. The first-order valence-corrected chi connectivity index (χ1v) is 32.3. The first kappa shape index (κ1) is 75.1. The van der Waals surface area contributed by atoms with Crippen LogP contribution in [0.2, 0.25) is 10.0 Å². The Morgan fingerprint density at radius 1 is 0.720 bits per heavy atom. The van der Waals surface area contributed by atoms with Crippen molar-refractivity contribution in [2.45, 2.75) is 157 Å². The summed E-state index contributed by atoms with van der Waals surface area (Å²) in [4.78, 5) is 117. The van der Waals surface area contributed by atoms with Gasteiger partial charge in [0.25, 0.3) is 0 Å². The van der Waals surface area contributed by atoms with Crippen LogP contribution in [0.3, 0.4) is 0 Å². The monoisotopic (exact) mass is 1430 g/mol. The number of benzene rings is 5. The Morgan fingerprint density at radius 3 is 1.90 bits per heavy atom. The van der Waals surface area contributed by atoms with Gasteiger partial charge in [-0.2, -0.15) is 0 Å². The molecule has 6 aliphatic heterocycles. The van der Waals surface area contributed by atoms with E-state index in [1.165, 1.54) is 19.2 Å². The third-order valence-corrected chi connectivity index (χ3v) is 17.7. The molecule has 100 heavy (non-hydrogen) atoms. The largest absolute Gasteiger partial charge is 0.508 e. The molecule has 0 aromatic heterocycles. The number of carbonyl (C=O) groups is 8. The summed E-state index contributed by atoms with van der Waals surface area (Å²) in [5, 5.41) is 131. The molecule has 7 amide bonds. The number of hydrogen-bond acceptors (Lipinski definition) is 24. The number of carboxylic acids is 1. The summed E-state index contributed by atoms with van der Waals surface area (Å²) < 4.78 is 31.8. The molecule has 0 radical (unpaired) electrons. The lowest BCUT2D eigenvalue weighted by atomic mass is 9.89. The third kappa shape index (κ3) is 16.7. The fourth-order valence-electron chi connectivity index (χ4n) is 12.2. The van der Waals surface area contributed by atoms with Crippen molar-refractivity contribution in [1.82, 2.24) is 37.2 Å². The number of carboxylic acid groups (broad SMARTS) is 1. The average molecular weight is 1440 g/mol. The number of phenolic OH excluding ortho intramolecular Hbond substituents is 3. The van der Waals surface area contributed by atoms with E-state index in [0.29, 0.717) is 12.8 Å². The van der Waals surface area contributed by atoms with Crippen LogP contribution in [0.15, 0.2) is 78.9 Å². The zero-order valence-electron chi connectivity index (χ0n) is 54.2. The molecular weight excluding hydrogens is 1360 g/mol. The minimum atomic E-state index is -2.34. The molecule has 11 bridgehead atoms. The number of carbonyl (C=O) groups excluding carboxylic acids is 7. The van der Waals surface area contributed by atoms with Crippen molar-refractivity contribution in [1.29, 1.82) is 0 Å². The van der Waals surface area contributed by atoms with Crippen molar-refractivity contribution >= 4 is 70.5 Å². The van der Waals surface area contributed by atoms with Crippen LogP contribution in [0.1, 0.15) is 118 Å². The second-order valence-electron chi connectivity index (χ2n) is 25.4. The molecule has 16 atom stereocenters. The van der Waals surface area contributed by atoms with Gasteiger partial charge in [-0.3, -0.25) is 33.6 Å². The highest BCUT2D eigenvalue weighted by Gasteiger charge is 2.49. The molecular formula is C66H77Cl2N9O23. The van der Waals surface area contributed by atoms with Gasteiger partial charge in [-0.1, -0.05) is 68.6 Å². The van der Waals surface area contributed by atoms with E-state index in [9.17, 15) is 75.0 Å². The summed E-state index contributed by atoms with van der Waals surface area (Å²) in [6, 6.07) is -0.691. The summed E-state index contributed by atoms with van der Waals surface area (Å²) in [5.74, 6) is -16.0. The van der Waals surface area contributed by atoms with Crippen LogP contribution >= 0.6 is 23.2 Å². The fraction of sp³-hybridized carbons (Fsp3) is 0.424. The van der Waals surface area contributed by atoms with E-state index in [-0.39, 0.29) is 46.2 Å².